The zero-order valence-electron chi connectivity index (χ0n) is 13.8. The standard InChI is InChI=1S/C19H13ClF2N2O3/c20-17-16(27-10-12-4-5-13(21)9-15(12)22)6-7-24(19(17)26)14-3-1-2-11(8-14)18(23)25/h1-9H,10H2,(H2,23,25). The maximum absolute atomic E-state index is 13.7. The molecule has 0 spiro atoms. The summed E-state index contributed by atoms with van der Waals surface area (Å²) in [5.41, 5.74) is 5.41. The molecule has 2 aromatic carbocycles. The Morgan fingerprint density at radius 3 is 2.63 bits per heavy atom. The van der Waals surface area contributed by atoms with Gasteiger partial charge in [0.25, 0.3) is 5.56 Å². The van der Waals surface area contributed by atoms with Crippen molar-refractivity contribution in [3.8, 4) is 11.4 Å². The second kappa shape index (κ2) is 7.59. The number of primary amides is 1. The first-order valence-electron chi connectivity index (χ1n) is 7.75. The number of pyridine rings is 1. The smallest absolute Gasteiger partial charge is 0.277 e. The molecule has 0 unspecified atom stereocenters. The Kier molecular flexibility index (Phi) is 5.23. The minimum atomic E-state index is -0.761. The van der Waals surface area contributed by atoms with E-state index in [1.54, 1.807) is 12.1 Å². The quantitative estimate of drug-likeness (QED) is 0.725. The lowest BCUT2D eigenvalue weighted by molar-refractivity contribution is 0.1000. The second-order valence-corrected chi connectivity index (χ2v) is 5.99. The van der Waals surface area contributed by atoms with Gasteiger partial charge >= 0.3 is 0 Å². The molecule has 0 saturated heterocycles. The van der Waals surface area contributed by atoms with Gasteiger partial charge in [0.1, 0.15) is 29.0 Å². The number of hydrogen-bond donors (Lipinski definition) is 1. The SMILES string of the molecule is NC(=O)c1cccc(-n2ccc(OCc3ccc(F)cc3F)c(Cl)c2=O)c1. The number of amides is 1. The molecule has 8 heteroatoms. The topological polar surface area (TPSA) is 74.3 Å². The number of carbonyl (C=O) groups excluding carboxylic acids is 1. The van der Waals surface area contributed by atoms with Crippen molar-refractivity contribution in [2.24, 2.45) is 5.73 Å². The molecular formula is C19H13ClF2N2O3. The number of hydrogen-bond acceptors (Lipinski definition) is 3. The van der Waals surface area contributed by atoms with Crippen molar-refractivity contribution in [1.29, 1.82) is 0 Å². The lowest BCUT2D eigenvalue weighted by Gasteiger charge is -2.12. The van der Waals surface area contributed by atoms with Crippen LogP contribution in [0.3, 0.4) is 0 Å². The molecule has 1 aromatic heterocycles. The number of carbonyl (C=O) groups is 1. The number of halogens is 3. The van der Waals surface area contributed by atoms with Gasteiger partial charge < -0.3 is 10.5 Å². The third kappa shape index (κ3) is 3.98. The monoisotopic (exact) mass is 390 g/mol. The molecule has 5 nitrogen and oxygen atoms in total. The van der Waals surface area contributed by atoms with Gasteiger partial charge in [-0.25, -0.2) is 8.78 Å². The van der Waals surface area contributed by atoms with Crippen LogP contribution in [0.5, 0.6) is 5.75 Å². The summed E-state index contributed by atoms with van der Waals surface area (Å²) in [7, 11) is 0. The van der Waals surface area contributed by atoms with E-state index >= 15 is 0 Å². The van der Waals surface area contributed by atoms with Crippen molar-refractivity contribution in [1.82, 2.24) is 4.57 Å². The molecule has 0 radical (unpaired) electrons. The summed E-state index contributed by atoms with van der Waals surface area (Å²) in [5, 5.41) is -0.218. The summed E-state index contributed by atoms with van der Waals surface area (Å²) in [6.07, 6.45) is 1.41. The van der Waals surface area contributed by atoms with Gasteiger partial charge in [-0.05, 0) is 36.4 Å². The number of ether oxygens (including phenoxy) is 1. The summed E-state index contributed by atoms with van der Waals surface area (Å²) >= 11 is 6.08. The Balaban J connectivity index is 1.88. The molecule has 0 bridgehead atoms. The van der Waals surface area contributed by atoms with Gasteiger partial charge in [-0.1, -0.05) is 17.7 Å². The molecule has 3 aromatic rings. The van der Waals surface area contributed by atoms with Gasteiger partial charge in [-0.15, -0.1) is 0 Å². The van der Waals surface area contributed by atoms with E-state index in [0.717, 1.165) is 12.1 Å². The summed E-state index contributed by atoms with van der Waals surface area (Å²) in [6.45, 7) is -0.230. The van der Waals surface area contributed by atoms with E-state index in [1.165, 1.54) is 35.0 Å². The van der Waals surface area contributed by atoms with E-state index < -0.39 is 23.1 Å². The first-order valence-corrected chi connectivity index (χ1v) is 8.13. The Hall–Kier alpha value is -3.19. The van der Waals surface area contributed by atoms with Gasteiger partial charge in [-0.2, -0.15) is 0 Å². The predicted octanol–water partition coefficient (Wildman–Crippen LogP) is 3.45. The van der Waals surface area contributed by atoms with Gasteiger partial charge in [0, 0.05) is 29.1 Å². The van der Waals surface area contributed by atoms with Gasteiger partial charge in [0.05, 0.1) is 0 Å². The van der Waals surface area contributed by atoms with E-state index in [-0.39, 0.29) is 28.5 Å². The third-order valence-corrected chi connectivity index (χ3v) is 4.15. The van der Waals surface area contributed by atoms with Gasteiger partial charge in [-0.3, -0.25) is 14.2 Å². The fourth-order valence-corrected chi connectivity index (χ4v) is 2.62. The molecular weight excluding hydrogens is 378 g/mol. The van der Waals surface area contributed by atoms with E-state index in [0.29, 0.717) is 5.69 Å². The lowest BCUT2D eigenvalue weighted by Crippen LogP contribution is -2.19. The molecule has 1 heterocycles. The van der Waals surface area contributed by atoms with Crippen LogP contribution in [-0.4, -0.2) is 10.5 Å². The Morgan fingerprint density at radius 1 is 1.15 bits per heavy atom. The highest BCUT2D eigenvalue weighted by atomic mass is 35.5. The second-order valence-electron chi connectivity index (χ2n) is 5.61. The van der Waals surface area contributed by atoms with Crippen molar-refractivity contribution in [3.05, 3.63) is 92.9 Å². The van der Waals surface area contributed by atoms with Crippen LogP contribution in [0.2, 0.25) is 5.02 Å². The molecule has 0 aliphatic carbocycles. The van der Waals surface area contributed by atoms with Crippen LogP contribution in [0, 0.1) is 11.6 Å². The number of rotatable bonds is 5. The van der Waals surface area contributed by atoms with Gasteiger partial charge in [0.2, 0.25) is 5.91 Å². The minimum absolute atomic E-state index is 0.0488. The zero-order valence-corrected chi connectivity index (χ0v) is 14.5. The minimum Gasteiger partial charge on any atom is -0.487 e. The zero-order chi connectivity index (χ0) is 19.6. The summed E-state index contributed by atoms with van der Waals surface area (Å²) in [4.78, 5) is 23.8. The third-order valence-electron chi connectivity index (χ3n) is 3.81. The lowest BCUT2D eigenvalue weighted by atomic mass is 10.2. The van der Waals surface area contributed by atoms with Crippen LogP contribution in [0.4, 0.5) is 8.78 Å². The Morgan fingerprint density at radius 2 is 1.93 bits per heavy atom. The first kappa shape index (κ1) is 18.6. The number of nitrogens with zero attached hydrogens (tertiary/aromatic N) is 1. The highest BCUT2D eigenvalue weighted by Gasteiger charge is 2.13. The average Bonchev–Trinajstić information content (AvgIpc) is 2.64. The molecule has 3 rings (SSSR count). The summed E-state index contributed by atoms with van der Waals surface area (Å²) in [5.74, 6) is -2.04. The number of benzene rings is 2. The molecule has 0 aliphatic heterocycles. The molecule has 0 fully saturated rings. The molecule has 0 saturated carbocycles. The first-order chi connectivity index (χ1) is 12.9. The van der Waals surface area contributed by atoms with Crippen LogP contribution in [0.15, 0.2) is 59.5 Å². The summed E-state index contributed by atoms with van der Waals surface area (Å²) < 4.78 is 33.2. The van der Waals surface area contributed by atoms with Crippen molar-refractivity contribution in [2.45, 2.75) is 6.61 Å². The molecule has 27 heavy (non-hydrogen) atoms. The maximum atomic E-state index is 13.7. The predicted molar refractivity (Wildman–Crippen MR) is 96.3 cm³/mol. The van der Waals surface area contributed by atoms with Gasteiger partial charge in [0.15, 0.2) is 0 Å². The van der Waals surface area contributed by atoms with Crippen molar-refractivity contribution in [2.75, 3.05) is 0 Å². The van der Waals surface area contributed by atoms with Crippen molar-refractivity contribution in [3.63, 3.8) is 0 Å². The maximum Gasteiger partial charge on any atom is 0.277 e. The van der Waals surface area contributed by atoms with Crippen LogP contribution in [-0.2, 0) is 6.61 Å². The molecule has 1 amide bonds. The van der Waals surface area contributed by atoms with Crippen LogP contribution < -0.4 is 16.0 Å². The molecule has 0 atom stereocenters. The normalized spacial score (nSPS) is 10.6. The van der Waals surface area contributed by atoms with E-state index in [2.05, 4.69) is 0 Å². The van der Waals surface area contributed by atoms with Crippen LogP contribution in [0.25, 0.3) is 5.69 Å². The van der Waals surface area contributed by atoms with E-state index in [9.17, 15) is 18.4 Å². The molecule has 0 aliphatic rings. The fourth-order valence-electron chi connectivity index (χ4n) is 2.41. The fraction of sp³-hybridized carbons (Fsp3) is 0.0526. The number of aromatic nitrogens is 1. The van der Waals surface area contributed by atoms with E-state index in [1.807, 2.05) is 0 Å². The Labute approximate surface area is 157 Å². The van der Waals surface area contributed by atoms with Crippen molar-refractivity contribution >= 4 is 17.5 Å². The average molecular weight is 391 g/mol. The highest BCUT2D eigenvalue weighted by Crippen LogP contribution is 2.23. The largest absolute Gasteiger partial charge is 0.487 e. The number of nitrogens with two attached hydrogens (primary N) is 1. The van der Waals surface area contributed by atoms with Crippen molar-refractivity contribution < 1.29 is 18.3 Å². The van der Waals surface area contributed by atoms with Crippen LogP contribution >= 0.6 is 11.6 Å². The summed E-state index contributed by atoms with van der Waals surface area (Å²) in [6, 6.07) is 10.7. The molecule has 138 valence electrons. The van der Waals surface area contributed by atoms with E-state index in [4.69, 9.17) is 22.1 Å². The van der Waals surface area contributed by atoms with Crippen LogP contribution in [0.1, 0.15) is 15.9 Å². The highest BCUT2D eigenvalue weighted by molar-refractivity contribution is 6.31. The Bertz CT molecular complexity index is 1080. The molecule has 2 N–H and O–H groups in total.